The molecule has 39 heavy (non-hydrogen) atoms. The lowest BCUT2D eigenvalue weighted by Crippen LogP contribution is -2.30. The van der Waals surface area contributed by atoms with Crippen molar-refractivity contribution in [1.82, 2.24) is 0 Å². The SMILES string of the molecule is CCCCCCCCCCc1ccc(-c2ccc(OC[C@H]3CC[C@H](OC(=O)[C@@H](F)CCCC)CC3)cc2)cc1. The standard InChI is InChI=1S/C35H51FO3/c1-3-5-7-8-9-10-11-12-13-28-15-19-30(20-16-28)31-21-25-32(26-22-31)38-27-29-17-23-33(24-18-29)39-35(37)34(36)14-6-4-2/h15-16,19-22,25-26,29,33-34H,3-14,17-18,23-24,27H2,1-2H3/t29-,33-,34-/m0/s1. The van der Waals surface area contributed by atoms with Crippen LogP contribution in [-0.4, -0.2) is 24.9 Å². The molecule has 0 aliphatic heterocycles. The minimum absolute atomic E-state index is 0.153. The maximum Gasteiger partial charge on any atom is 0.340 e. The number of benzene rings is 2. The van der Waals surface area contributed by atoms with Crippen molar-refractivity contribution in [2.45, 2.75) is 129 Å². The highest BCUT2D eigenvalue weighted by Crippen LogP contribution is 2.29. The number of esters is 1. The third kappa shape index (κ3) is 11.7. The van der Waals surface area contributed by atoms with Crippen LogP contribution in [0.25, 0.3) is 11.1 Å². The van der Waals surface area contributed by atoms with E-state index >= 15 is 0 Å². The number of halogens is 1. The normalized spacial score (nSPS) is 18.0. The van der Waals surface area contributed by atoms with Crippen molar-refractivity contribution < 1.29 is 18.7 Å². The lowest BCUT2D eigenvalue weighted by molar-refractivity contribution is -0.157. The molecule has 0 N–H and O–H groups in total. The summed E-state index contributed by atoms with van der Waals surface area (Å²) in [5.41, 5.74) is 3.86. The van der Waals surface area contributed by atoms with Crippen LogP contribution in [0.4, 0.5) is 4.39 Å². The highest BCUT2D eigenvalue weighted by Gasteiger charge is 2.27. The predicted molar refractivity (Wildman–Crippen MR) is 160 cm³/mol. The topological polar surface area (TPSA) is 35.5 Å². The van der Waals surface area contributed by atoms with E-state index in [1.165, 1.54) is 74.5 Å². The van der Waals surface area contributed by atoms with Crippen LogP contribution in [0.5, 0.6) is 5.75 Å². The van der Waals surface area contributed by atoms with E-state index in [4.69, 9.17) is 9.47 Å². The number of hydrogen-bond donors (Lipinski definition) is 0. The van der Waals surface area contributed by atoms with Gasteiger partial charge in [-0.2, -0.15) is 0 Å². The van der Waals surface area contributed by atoms with Crippen LogP contribution in [0.15, 0.2) is 48.5 Å². The smallest absolute Gasteiger partial charge is 0.340 e. The summed E-state index contributed by atoms with van der Waals surface area (Å²) in [6.07, 6.45) is 15.7. The zero-order chi connectivity index (χ0) is 27.7. The van der Waals surface area contributed by atoms with Gasteiger partial charge in [0.2, 0.25) is 0 Å². The maximum atomic E-state index is 13.9. The average molecular weight is 539 g/mol. The number of aryl methyl sites for hydroxylation is 1. The number of unbranched alkanes of at least 4 members (excludes halogenated alkanes) is 8. The van der Waals surface area contributed by atoms with Gasteiger partial charge in [0, 0.05) is 0 Å². The first-order chi connectivity index (χ1) is 19.1. The molecule has 3 nitrogen and oxygen atoms in total. The van der Waals surface area contributed by atoms with Crippen LogP contribution < -0.4 is 4.74 Å². The van der Waals surface area contributed by atoms with Crippen LogP contribution in [0.1, 0.15) is 116 Å². The van der Waals surface area contributed by atoms with Crippen molar-refractivity contribution in [3.05, 3.63) is 54.1 Å². The Labute approximate surface area is 236 Å². The second kappa shape index (κ2) is 18.1. The quantitative estimate of drug-likeness (QED) is 0.140. The molecule has 0 amide bonds. The van der Waals surface area contributed by atoms with E-state index in [0.717, 1.165) is 37.9 Å². The summed E-state index contributed by atoms with van der Waals surface area (Å²) in [7, 11) is 0. The van der Waals surface area contributed by atoms with Gasteiger partial charge in [-0.05, 0) is 79.7 Å². The predicted octanol–water partition coefficient (Wildman–Crippen LogP) is 10.0. The molecule has 0 spiro atoms. The second-order valence-corrected chi connectivity index (χ2v) is 11.4. The molecule has 1 saturated carbocycles. The first-order valence-electron chi connectivity index (χ1n) is 15.8. The molecule has 0 saturated heterocycles. The fourth-order valence-electron chi connectivity index (χ4n) is 5.44. The minimum atomic E-state index is -1.48. The lowest BCUT2D eigenvalue weighted by Gasteiger charge is -2.28. The summed E-state index contributed by atoms with van der Waals surface area (Å²) < 4.78 is 25.4. The Morgan fingerprint density at radius 2 is 1.33 bits per heavy atom. The number of alkyl halides is 1. The van der Waals surface area contributed by atoms with Gasteiger partial charge in [0.15, 0.2) is 6.17 Å². The summed E-state index contributed by atoms with van der Waals surface area (Å²) >= 11 is 0. The summed E-state index contributed by atoms with van der Waals surface area (Å²) in [5.74, 6) is 0.644. The molecule has 0 bridgehead atoms. The summed E-state index contributed by atoms with van der Waals surface area (Å²) in [6.45, 7) is 4.93. The van der Waals surface area contributed by atoms with E-state index in [-0.39, 0.29) is 12.5 Å². The number of hydrogen-bond acceptors (Lipinski definition) is 3. The maximum absolute atomic E-state index is 13.9. The molecule has 1 aliphatic carbocycles. The second-order valence-electron chi connectivity index (χ2n) is 11.4. The van der Waals surface area contributed by atoms with Crippen molar-refractivity contribution >= 4 is 5.97 Å². The molecule has 4 heteroatoms. The largest absolute Gasteiger partial charge is 0.493 e. The van der Waals surface area contributed by atoms with Crippen LogP contribution in [0.2, 0.25) is 0 Å². The molecular formula is C35H51FO3. The minimum Gasteiger partial charge on any atom is -0.493 e. The zero-order valence-electron chi connectivity index (χ0n) is 24.5. The molecule has 1 fully saturated rings. The van der Waals surface area contributed by atoms with Gasteiger partial charge in [-0.15, -0.1) is 0 Å². The number of carbonyl (C=O) groups is 1. The Bertz CT molecular complexity index is 916. The number of ether oxygens (including phenoxy) is 2. The molecule has 3 rings (SSSR count). The molecule has 1 atom stereocenters. The van der Waals surface area contributed by atoms with Crippen molar-refractivity contribution in [3.8, 4) is 16.9 Å². The van der Waals surface area contributed by atoms with Gasteiger partial charge in [0.25, 0.3) is 0 Å². The van der Waals surface area contributed by atoms with Crippen LogP contribution in [0.3, 0.4) is 0 Å². The molecule has 216 valence electrons. The molecule has 0 unspecified atom stereocenters. The molecule has 0 aromatic heterocycles. The Kier molecular flexibility index (Phi) is 14.4. The van der Waals surface area contributed by atoms with Crippen molar-refractivity contribution in [2.75, 3.05) is 6.61 Å². The van der Waals surface area contributed by atoms with E-state index in [2.05, 4.69) is 55.5 Å². The third-order valence-corrected chi connectivity index (χ3v) is 8.09. The first kappa shape index (κ1) is 31.2. The van der Waals surface area contributed by atoms with Crippen LogP contribution >= 0.6 is 0 Å². The van der Waals surface area contributed by atoms with E-state index in [0.29, 0.717) is 18.9 Å². The highest BCUT2D eigenvalue weighted by atomic mass is 19.1. The van der Waals surface area contributed by atoms with Crippen molar-refractivity contribution in [2.24, 2.45) is 5.92 Å². The average Bonchev–Trinajstić information content (AvgIpc) is 2.97. The highest BCUT2D eigenvalue weighted by molar-refractivity contribution is 5.74. The lowest BCUT2D eigenvalue weighted by atomic mass is 9.88. The van der Waals surface area contributed by atoms with Crippen molar-refractivity contribution in [1.29, 1.82) is 0 Å². The van der Waals surface area contributed by atoms with Crippen LogP contribution in [-0.2, 0) is 16.0 Å². The van der Waals surface area contributed by atoms with E-state index in [9.17, 15) is 9.18 Å². The first-order valence-corrected chi connectivity index (χ1v) is 15.8. The molecular weight excluding hydrogens is 487 g/mol. The Balaban J connectivity index is 1.32. The Morgan fingerprint density at radius 1 is 0.769 bits per heavy atom. The fraction of sp³-hybridized carbons (Fsp3) is 0.629. The summed E-state index contributed by atoms with van der Waals surface area (Å²) in [6, 6.07) is 17.4. The molecule has 2 aromatic rings. The molecule has 2 aromatic carbocycles. The number of carbonyl (C=O) groups excluding carboxylic acids is 1. The monoisotopic (exact) mass is 538 g/mol. The zero-order valence-corrected chi connectivity index (χ0v) is 24.5. The van der Waals surface area contributed by atoms with Gasteiger partial charge in [-0.1, -0.05) is 108 Å². The van der Waals surface area contributed by atoms with Gasteiger partial charge >= 0.3 is 5.97 Å². The van der Waals surface area contributed by atoms with Gasteiger partial charge < -0.3 is 9.47 Å². The van der Waals surface area contributed by atoms with Crippen molar-refractivity contribution in [3.63, 3.8) is 0 Å². The number of rotatable bonds is 18. The molecule has 0 radical (unpaired) electrons. The van der Waals surface area contributed by atoms with Gasteiger partial charge in [-0.25, -0.2) is 9.18 Å². The molecule has 1 aliphatic rings. The van der Waals surface area contributed by atoms with E-state index < -0.39 is 12.1 Å². The Hall–Kier alpha value is -2.36. The summed E-state index contributed by atoms with van der Waals surface area (Å²) in [5, 5.41) is 0. The third-order valence-electron chi connectivity index (χ3n) is 8.09. The Morgan fingerprint density at radius 3 is 1.95 bits per heavy atom. The van der Waals surface area contributed by atoms with Gasteiger partial charge in [0.05, 0.1) is 6.61 Å². The van der Waals surface area contributed by atoms with Gasteiger partial charge in [0.1, 0.15) is 11.9 Å². The van der Waals surface area contributed by atoms with E-state index in [1.807, 2.05) is 6.92 Å². The molecule has 0 heterocycles. The van der Waals surface area contributed by atoms with Gasteiger partial charge in [-0.3, -0.25) is 0 Å². The summed E-state index contributed by atoms with van der Waals surface area (Å²) in [4.78, 5) is 11.9. The van der Waals surface area contributed by atoms with Crippen LogP contribution in [0, 0.1) is 5.92 Å². The van der Waals surface area contributed by atoms with E-state index in [1.54, 1.807) is 0 Å². The fourth-order valence-corrected chi connectivity index (χ4v) is 5.44.